The summed E-state index contributed by atoms with van der Waals surface area (Å²) in [6.07, 6.45) is 6.65. The van der Waals surface area contributed by atoms with Gasteiger partial charge in [-0.25, -0.2) is 14.8 Å². The summed E-state index contributed by atoms with van der Waals surface area (Å²) in [5.41, 5.74) is 0.315. The highest BCUT2D eigenvalue weighted by molar-refractivity contribution is 5.92. The number of anilines is 1. The first-order chi connectivity index (χ1) is 9.15. The highest BCUT2D eigenvalue weighted by atomic mass is 16.4. The summed E-state index contributed by atoms with van der Waals surface area (Å²) in [5, 5.41) is 11.4. The molecule has 7 nitrogen and oxygen atoms in total. The minimum Gasteiger partial charge on any atom is -0.477 e. The fourth-order valence-corrected chi connectivity index (χ4v) is 1.50. The van der Waals surface area contributed by atoms with Crippen molar-refractivity contribution in [3.8, 4) is 0 Å². The molecule has 0 unspecified atom stereocenters. The van der Waals surface area contributed by atoms with Crippen LogP contribution in [-0.4, -0.2) is 31.5 Å². The summed E-state index contributed by atoms with van der Waals surface area (Å²) < 4.78 is 1.79. The fourth-order valence-electron chi connectivity index (χ4n) is 1.50. The quantitative estimate of drug-likeness (QED) is 0.836. The highest BCUT2D eigenvalue weighted by Gasteiger charge is 2.07. The molecule has 2 heterocycles. The molecular formula is C12H12N4O3. The van der Waals surface area contributed by atoms with Gasteiger partial charge in [0.15, 0.2) is 0 Å². The predicted octanol–water partition coefficient (Wildman–Crippen LogP) is 1.01. The Morgan fingerprint density at radius 2 is 2.21 bits per heavy atom. The number of rotatable bonds is 5. The van der Waals surface area contributed by atoms with E-state index in [0.29, 0.717) is 12.2 Å². The van der Waals surface area contributed by atoms with Crippen LogP contribution in [0.4, 0.5) is 5.69 Å². The van der Waals surface area contributed by atoms with Gasteiger partial charge in [0.25, 0.3) is 0 Å². The monoisotopic (exact) mass is 260 g/mol. The standard InChI is InChI=1S/C12H12N4O3/c17-11(2-5-16-6-4-13-8-16)15-9-1-3-14-10(7-9)12(18)19/h1,3-4,6-8H,2,5H2,(H,18,19)(H,14,15,17). The van der Waals surface area contributed by atoms with Gasteiger partial charge in [-0.2, -0.15) is 0 Å². The third-order valence-electron chi connectivity index (χ3n) is 2.42. The number of carbonyl (C=O) groups is 2. The van der Waals surface area contributed by atoms with Crippen LogP contribution in [0.1, 0.15) is 16.9 Å². The van der Waals surface area contributed by atoms with Crippen molar-refractivity contribution in [3.63, 3.8) is 0 Å². The van der Waals surface area contributed by atoms with Crippen molar-refractivity contribution >= 4 is 17.6 Å². The zero-order chi connectivity index (χ0) is 13.7. The number of imidazole rings is 1. The maximum atomic E-state index is 11.7. The minimum absolute atomic E-state index is 0.104. The average molecular weight is 260 g/mol. The predicted molar refractivity (Wildman–Crippen MR) is 66.7 cm³/mol. The van der Waals surface area contributed by atoms with Gasteiger partial charge >= 0.3 is 5.97 Å². The Morgan fingerprint density at radius 3 is 2.89 bits per heavy atom. The van der Waals surface area contributed by atoms with Crippen molar-refractivity contribution in [2.45, 2.75) is 13.0 Å². The van der Waals surface area contributed by atoms with E-state index in [1.807, 2.05) is 0 Å². The van der Waals surface area contributed by atoms with Gasteiger partial charge in [0.05, 0.1) is 6.33 Å². The van der Waals surface area contributed by atoms with E-state index in [2.05, 4.69) is 15.3 Å². The van der Waals surface area contributed by atoms with Crippen molar-refractivity contribution < 1.29 is 14.7 Å². The van der Waals surface area contributed by atoms with Gasteiger partial charge in [-0.1, -0.05) is 0 Å². The molecule has 2 aromatic heterocycles. The lowest BCUT2D eigenvalue weighted by atomic mass is 10.3. The van der Waals surface area contributed by atoms with Gasteiger partial charge in [-0.05, 0) is 12.1 Å². The molecule has 0 aliphatic rings. The Kier molecular flexibility index (Phi) is 3.87. The summed E-state index contributed by atoms with van der Waals surface area (Å²) in [7, 11) is 0. The number of carboxylic acids is 1. The molecule has 7 heteroatoms. The van der Waals surface area contributed by atoms with Crippen molar-refractivity contribution in [1.29, 1.82) is 0 Å². The molecule has 19 heavy (non-hydrogen) atoms. The van der Waals surface area contributed by atoms with E-state index >= 15 is 0 Å². The molecule has 0 fully saturated rings. The second kappa shape index (κ2) is 5.76. The molecule has 0 saturated carbocycles. The Hall–Kier alpha value is -2.70. The van der Waals surface area contributed by atoms with Crippen LogP contribution in [0.25, 0.3) is 0 Å². The lowest BCUT2D eigenvalue weighted by Crippen LogP contribution is -2.14. The number of carboxylic acid groups (broad SMARTS) is 1. The van der Waals surface area contributed by atoms with Crippen LogP contribution in [0.5, 0.6) is 0 Å². The van der Waals surface area contributed by atoms with E-state index in [0.717, 1.165) is 0 Å². The largest absolute Gasteiger partial charge is 0.477 e. The summed E-state index contributed by atoms with van der Waals surface area (Å²) in [6, 6.07) is 2.86. The van der Waals surface area contributed by atoms with E-state index in [4.69, 9.17) is 5.11 Å². The van der Waals surface area contributed by atoms with Gasteiger partial charge < -0.3 is 15.0 Å². The van der Waals surface area contributed by atoms with E-state index in [-0.39, 0.29) is 18.0 Å². The molecule has 98 valence electrons. The molecule has 0 aliphatic heterocycles. The smallest absolute Gasteiger partial charge is 0.354 e. The van der Waals surface area contributed by atoms with Gasteiger partial charge in [-0.3, -0.25) is 4.79 Å². The number of nitrogens with one attached hydrogen (secondary N) is 1. The summed E-state index contributed by atoms with van der Waals surface area (Å²) in [4.78, 5) is 30.0. The number of nitrogens with zero attached hydrogens (tertiary/aromatic N) is 3. The lowest BCUT2D eigenvalue weighted by molar-refractivity contribution is -0.116. The number of hydrogen-bond acceptors (Lipinski definition) is 4. The van der Waals surface area contributed by atoms with Crippen LogP contribution in [-0.2, 0) is 11.3 Å². The topological polar surface area (TPSA) is 97.1 Å². The maximum Gasteiger partial charge on any atom is 0.354 e. The molecule has 0 aliphatic carbocycles. The first-order valence-corrected chi connectivity index (χ1v) is 5.60. The Balaban J connectivity index is 1.91. The fraction of sp³-hybridized carbons (Fsp3) is 0.167. The summed E-state index contributed by atoms with van der Waals surface area (Å²) in [5.74, 6) is -1.33. The SMILES string of the molecule is O=C(CCn1ccnc1)Nc1ccnc(C(=O)O)c1. The third kappa shape index (κ3) is 3.63. The Morgan fingerprint density at radius 1 is 1.37 bits per heavy atom. The minimum atomic E-state index is -1.13. The number of aromatic nitrogens is 3. The first kappa shape index (κ1) is 12.7. The third-order valence-corrected chi connectivity index (χ3v) is 2.42. The Bertz CT molecular complexity index is 580. The molecule has 0 saturated heterocycles. The van der Waals surface area contributed by atoms with E-state index in [9.17, 15) is 9.59 Å². The number of hydrogen-bond donors (Lipinski definition) is 2. The van der Waals surface area contributed by atoms with E-state index in [1.165, 1.54) is 12.3 Å². The van der Waals surface area contributed by atoms with Crippen LogP contribution in [0.2, 0.25) is 0 Å². The van der Waals surface area contributed by atoms with E-state index in [1.54, 1.807) is 29.4 Å². The lowest BCUT2D eigenvalue weighted by Gasteiger charge is -2.06. The van der Waals surface area contributed by atoms with Crippen LogP contribution < -0.4 is 5.32 Å². The van der Waals surface area contributed by atoms with Crippen LogP contribution in [0, 0.1) is 0 Å². The molecule has 0 spiro atoms. The molecule has 2 rings (SSSR count). The molecule has 0 radical (unpaired) electrons. The van der Waals surface area contributed by atoms with E-state index < -0.39 is 5.97 Å². The molecule has 0 atom stereocenters. The second-order valence-corrected chi connectivity index (χ2v) is 3.83. The number of amides is 1. The number of pyridine rings is 1. The molecule has 1 amide bonds. The average Bonchev–Trinajstić information content (AvgIpc) is 2.90. The normalized spacial score (nSPS) is 10.1. The van der Waals surface area contributed by atoms with Crippen molar-refractivity contribution in [1.82, 2.24) is 14.5 Å². The number of carbonyl (C=O) groups excluding carboxylic acids is 1. The van der Waals surface area contributed by atoms with Crippen LogP contribution in [0.3, 0.4) is 0 Å². The first-order valence-electron chi connectivity index (χ1n) is 5.60. The molecule has 2 aromatic rings. The van der Waals surface area contributed by atoms with Crippen molar-refractivity contribution in [2.75, 3.05) is 5.32 Å². The van der Waals surface area contributed by atoms with Crippen molar-refractivity contribution in [2.24, 2.45) is 0 Å². The molecule has 0 bridgehead atoms. The van der Waals surface area contributed by atoms with Crippen LogP contribution in [0.15, 0.2) is 37.1 Å². The molecule has 2 N–H and O–H groups in total. The van der Waals surface area contributed by atoms with Gasteiger partial charge in [0, 0.05) is 37.2 Å². The van der Waals surface area contributed by atoms with Gasteiger partial charge in [0.1, 0.15) is 5.69 Å². The number of aryl methyl sites for hydroxylation is 1. The highest BCUT2D eigenvalue weighted by Crippen LogP contribution is 2.08. The maximum absolute atomic E-state index is 11.7. The van der Waals surface area contributed by atoms with Crippen molar-refractivity contribution in [3.05, 3.63) is 42.7 Å². The van der Waals surface area contributed by atoms with Crippen LogP contribution >= 0.6 is 0 Å². The second-order valence-electron chi connectivity index (χ2n) is 3.83. The zero-order valence-corrected chi connectivity index (χ0v) is 9.98. The zero-order valence-electron chi connectivity index (χ0n) is 9.98. The van der Waals surface area contributed by atoms with Gasteiger partial charge in [-0.15, -0.1) is 0 Å². The summed E-state index contributed by atoms with van der Waals surface area (Å²) >= 11 is 0. The summed E-state index contributed by atoms with van der Waals surface area (Å²) in [6.45, 7) is 0.517. The molecular weight excluding hydrogens is 248 g/mol. The van der Waals surface area contributed by atoms with Gasteiger partial charge in [0.2, 0.25) is 5.91 Å². The Labute approximate surface area is 108 Å². The number of aromatic carboxylic acids is 1. The molecule has 0 aromatic carbocycles.